The van der Waals surface area contributed by atoms with E-state index in [0.29, 0.717) is 16.6 Å². The number of quaternary nitrogens is 1. The van der Waals surface area contributed by atoms with Gasteiger partial charge in [-0.25, -0.2) is 0 Å². The number of benzene rings is 1. The Morgan fingerprint density at radius 2 is 1.90 bits per heavy atom. The highest BCUT2D eigenvalue weighted by Crippen LogP contribution is 2.23. The summed E-state index contributed by atoms with van der Waals surface area (Å²) in [6.07, 6.45) is 1.10. The van der Waals surface area contributed by atoms with Gasteiger partial charge in [-0.2, -0.15) is 0 Å². The van der Waals surface area contributed by atoms with Gasteiger partial charge >= 0.3 is 0 Å². The highest BCUT2D eigenvalue weighted by Gasteiger charge is 2.11. The Balaban J connectivity index is 2.35. The van der Waals surface area contributed by atoms with Crippen molar-refractivity contribution < 1.29 is 5.32 Å². The van der Waals surface area contributed by atoms with Gasteiger partial charge in [0.25, 0.3) is 0 Å². The van der Waals surface area contributed by atoms with E-state index in [9.17, 15) is 0 Å². The van der Waals surface area contributed by atoms with Crippen molar-refractivity contribution in [3.8, 4) is 0 Å². The molecule has 1 rings (SSSR count). The molecule has 21 heavy (non-hydrogen) atoms. The molecule has 118 valence electrons. The number of nitrogens with two attached hydrogens (primary N) is 1. The third kappa shape index (κ3) is 7.44. The van der Waals surface area contributed by atoms with E-state index in [1.165, 1.54) is 5.56 Å². The van der Waals surface area contributed by atoms with Crippen molar-refractivity contribution in [3.63, 3.8) is 0 Å². The van der Waals surface area contributed by atoms with Crippen LogP contribution in [0.2, 0.25) is 0 Å². The monoisotopic (exact) mass is 308 g/mol. The van der Waals surface area contributed by atoms with Crippen LogP contribution in [-0.4, -0.2) is 23.7 Å². The molecule has 0 spiro atoms. The minimum absolute atomic E-state index is 0.301. The van der Waals surface area contributed by atoms with Crippen LogP contribution >= 0.6 is 12.2 Å². The van der Waals surface area contributed by atoms with E-state index in [0.717, 1.165) is 25.2 Å². The first kappa shape index (κ1) is 17.9. The molecule has 0 fully saturated rings. The molecule has 0 aliphatic rings. The van der Waals surface area contributed by atoms with Crippen molar-refractivity contribution in [1.82, 2.24) is 5.32 Å². The molecule has 1 aromatic rings. The zero-order chi connectivity index (χ0) is 15.9. The Kier molecular flexibility index (Phi) is 7.12. The maximum absolute atomic E-state index is 5.37. The topological polar surface area (TPSA) is 40.7 Å². The maximum Gasteiger partial charge on any atom is 0.170 e. The second-order valence-electron chi connectivity index (χ2n) is 6.84. The number of thiocarbonyl (C=S) groups is 1. The molecule has 0 heterocycles. The summed E-state index contributed by atoms with van der Waals surface area (Å²) in [6, 6.07) is 8.33. The van der Waals surface area contributed by atoms with Gasteiger partial charge in [-0.1, -0.05) is 32.0 Å². The van der Waals surface area contributed by atoms with Crippen LogP contribution in [0.1, 0.15) is 52.5 Å². The van der Waals surface area contributed by atoms with Crippen molar-refractivity contribution >= 4 is 23.0 Å². The molecule has 4 N–H and O–H groups in total. The Hall–Kier alpha value is -1.13. The molecule has 1 aromatic carbocycles. The summed E-state index contributed by atoms with van der Waals surface area (Å²) in [5, 5.41) is 9.66. The number of anilines is 1. The van der Waals surface area contributed by atoms with Crippen LogP contribution in [0.25, 0.3) is 0 Å². The molecular formula is C17H30N3S+. The lowest BCUT2D eigenvalue weighted by Crippen LogP contribution is -2.94. The smallest absolute Gasteiger partial charge is 0.170 e. The zero-order valence-electron chi connectivity index (χ0n) is 14.0. The Morgan fingerprint density at radius 1 is 1.24 bits per heavy atom. The number of para-hydroxylation sites is 1. The van der Waals surface area contributed by atoms with Crippen molar-refractivity contribution in [3.05, 3.63) is 29.8 Å². The Morgan fingerprint density at radius 3 is 2.52 bits per heavy atom. The van der Waals surface area contributed by atoms with E-state index >= 15 is 0 Å². The van der Waals surface area contributed by atoms with Crippen LogP contribution in [-0.2, 0) is 0 Å². The number of hydrogen-bond donors (Lipinski definition) is 3. The molecule has 0 saturated heterocycles. The SMILES string of the molecule is CC(C)c1ccccc1NC(=S)NCCC[NH2+]C(C)(C)C. The van der Waals surface area contributed by atoms with Crippen LogP contribution in [0.5, 0.6) is 0 Å². The summed E-state index contributed by atoms with van der Waals surface area (Å²) in [7, 11) is 0. The van der Waals surface area contributed by atoms with Gasteiger partial charge in [0.05, 0.1) is 12.1 Å². The summed E-state index contributed by atoms with van der Waals surface area (Å²) < 4.78 is 0. The van der Waals surface area contributed by atoms with E-state index in [1.54, 1.807) is 0 Å². The number of hydrogen-bond acceptors (Lipinski definition) is 1. The molecule has 3 nitrogen and oxygen atoms in total. The largest absolute Gasteiger partial charge is 0.362 e. The molecule has 0 aromatic heterocycles. The summed E-state index contributed by atoms with van der Waals surface area (Å²) in [4.78, 5) is 0. The second kappa shape index (κ2) is 8.35. The van der Waals surface area contributed by atoms with Gasteiger partial charge in [-0.05, 0) is 50.5 Å². The van der Waals surface area contributed by atoms with Crippen LogP contribution < -0.4 is 16.0 Å². The van der Waals surface area contributed by atoms with Crippen LogP contribution in [0.3, 0.4) is 0 Å². The zero-order valence-corrected chi connectivity index (χ0v) is 14.8. The Labute approximate surface area is 134 Å². The van der Waals surface area contributed by atoms with E-state index in [4.69, 9.17) is 12.2 Å². The van der Waals surface area contributed by atoms with E-state index in [2.05, 4.69) is 68.8 Å². The number of rotatable bonds is 6. The molecule has 0 amide bonds. The van der Waals surface area contributed by atoms with Gasteiger partial charge in [0.15, 0.2) is 5.11 Å². The predicted molar refractivity (Wildman–Crippen MR) is 95.9 cm³/mol. The highest BCUT2D eigenvalue weighted by molar-refractivity contribution is 7.80. The molecule has 0 aliphatic heterocycles. The van der Waals surface area contributed by atoms with Gasteiger partial charge in [0, 0.05) is 18.7 Å². The van der Waals surface area contributed by atoms with Gasteiger partial charge < -0.3 is 16.0 Å². The molecule has 0 unspecified atom stereocenters. The van der Waals surface area contributed by atoms with Crippen molar-refractivity contribution in [2.45, 2.75) is 52.5 Å². The van der Waals surface area contributed by atoms with E-state index in [1.807, 2.05) is 6.07 Å². The highest BCUT2D eigenvalue weighted by atomic mass is 32.1. The van der Waals surface area contributed by atoms with Crippen molar-refractivity contribution in [2.24, 2.45) is 0 Å². The van der Waals surface area contributed by atoms with Crippen LogP contribution in [0, 0.1) is 0 Å². The molecule has 0 saturated carbocycles. The normalized spacial score (nSPS) is 11.5. The van der Waals surface area contributed by atoms with Crippen molar-refractivity contribution in [2.75, 3.05) is 18.4 Å². The fourth-order valence-corrected chi connectivity index (χ4v) is 2.33. The summed E-state index contributed by atoms with van der Waals surface area (Å²) in [5.41, 5.74) is 2.70. The minimum atomic E-state index is 0.301. The molecule has 0 aliphatic carbocycles. The minimum Gasteiger partial charge on any atom is -0.362 e. The average Bonchev–Trinajstić information content (AvgIpc) is 2.37. The van der Waals surface area contributed by atoms with Crippen LogP contribution in [0.4, 0.5) is 5.69 Å². The lowest BCUT2D eigenvalue weighted by atomic mass is 10.0. The lowest BCUT2D eigenvalue weighted by molar-refractivity contribution is -0.717. The fourth-order valence-electron chi connectivity index (χ4n) is 2.12. The van der Waals surface area contributed by atoms with Crippen LogP contribution in [0.15, 0.2) is 24.3 Å². The third-order valence-electron chi connectivity index (χ3n) is 3.25. The molecule has 0 radical (unpaired) electrons. The third-order valence-corrected chi connectivity index (χ3v) is 3.50. The van der Waals surface area contributed by atoms with Gasteiger partial charge in [0.2, 0.25) is 0 Å². The summed E-state index contributed by atoms with van der Waals surface area (Å²) in [5.74, 6) is 0.484. The summed E-state index contributed by atoms with van der Waals surface area (Å²) in [6.45, 7) is 13.1. The summed E-state index contributed by atoms with van der Waals surface area (Å²) >= 11 is 5.37. The number of nitrogens with one attached hydrogen (secondary N) is 2. The molecular weight excluding hydrogens is 278 g/mol. The maximum atomic E-state index is 5.37. The van der Waals surface area contributed by atoms with Gasteiger partial charge in [-0.15, -0.1) is 0 Å². The first-order valence-corrected chi connectivity index (χ1v) is 8.18. The molecule has 0 atom stereocenters. The second-order valence-corrected chi connectivity index (χ2v) is 7.24. The Bertz CT molecular complexity index is 450. The average molecular weight is 309 g/mol. The predicted octanol–water partition coefficient (Wildman–Crippen LogP) is 2.85. The quantitative estimate of drug-likeness (QED) is 0.559. The fraction of sp³-hybridized carbons (Fsp3) is 0.588. The first-order valence-electron chi connectivity index (χ1n) is 7.78. The van der Waals surface area contributed by atoms with E-state index < -0.39 is 0 Å². The van der Waals surface area contributed by atoms with E-state index in [-0.39, 0.29) is 0 Å². The van der Waals surface area contributed by atoms with Gasteiger partial charge in [-0.3, -0.25) is 0 Å². The lowest BCUT2D eigenvalue weighted by Gasteiger charge is -2.18. The van der Waals surface area contributed by atoms with Gasteiger partial charge in [0.1, 0.15) is 0 Å². The van der Waals surface area contributed by atoms with Crippen molar-refractivity contribution in [1.29, 1.82) is 0 Å². The first-order chi connectivity index (χ1) is 9.79. The molecule has 4 heteroatoms. The molecule has 0 bridgehead atoms. The standard InChI is InChI=1S/C17H29N3S/c1-13(2)14-9-6-7-10-15(14)20-16(21)18-11-8-12-19-17(3,4)5/h6-7,9-10,13,19H,8,11-12H2,1-5H3,(H2,18,20,21)/p+1.